The number of carbonyl (C=O) groups excluding carboxylic acids is 2. The third-order valence-electron chi connectivity index (χ3n) is 4.10. The summed E-state index contributed by atoms with van der Waals surface area (Å²) < 4.78 is 5.50. The van der Waals surface area contributed by atoms with Crippen LogP contribution in [0.1, 0.15) is 24.0 Å². The molecule has 2 aromatic carbocycles. The Morgan fingerprint density at radius 1 is 1.04 bits per heavy atom. The maximum absolute atomic E-state index is 12.0. The first-order chi connectivity index (χ1) is 12.0. The number of rotatable bonds is 6. The van der Waals surface area contributed by atoms with Gasteiger partial charge in [-0.25, -0.2) is 0 Å². The third-order valence-corrected chi connectivity index (χ3v) is 4.10. The van der Waals surface area contributed by atoms with Crippen molar-refractivity contribution in [3.63, 3.8) is 0 Å². The van der Waals surface area contributed by atoms with Crippen LogP contribution in [0.25, 0.3) is 0 Å². The number of amides is 2. The zero-order chi connectivity index (χ0) is 17.8. The highest BCUT2D eigenvalue weighted by Gasteiger charge is 2.29. The predicted molar refractivity (Wildman–Crippen MR) is 97.8 cm³/mol. The topological polar surface area (TPSA) is 67.4 Å². The van der Waals surface area contributed by atoms with E-state index in [9.17, 15) is 9.59 Å². The number of ether oxygens (including phenoxy) is 1. The summed E-state index contributed by atoms with van der Waals surface area (Å²) in [7, 11) is 0. The van der Waals surface area contributed by atoms with Crippen LogP contribution in [0.15, 0.2) is 42.5 Å². The van der Waals surface area contributed by atoms with Crippen molar-refractivity contribution in [3.8, 4) is 5.75 Å². The van der Waals surface area contributed by atoms with Crippen LogP contribution in [0.5, 0.6) is 5.75 Å². The van der Waals surface area contributed by atoms with Gasteiger partial charge in [0.1, 0.15) is 5.75 Å². The number of anilines is 2. The zero-order valence-corrected chi connectivity index (χ0v) is 14.5. The third kappa shape index (κ3) is 4.83. The van der Waals surface area contributed by atoms with Gasteiger partial charge >= 0.3 is 0 Å². The highest BCUT2D eigenvalue weighted by molar-refractivity contribution is 5.94. The van der Waals surface area contributed by atoms with Crippen LogP contribution in [0, 0.1) is 19.8 Å². The standard InChI is InChI=1S/C20H22N2O3/c1-13-3-10-18(14(2)11-13)22-19(23)12-25-17-8-6-16(7-9-17)21-20(24)15-4-5-15/h3,6-11,15H,4-5,12H2,1-2H3,(H,21,24)(H,22,23). The molecule has 3 rings (SSSR count). The van der Waals surface area contributed by atoms with Gasteiger partial charge in [-0.05, 0) is 62.6 Å². The molecule has 0 heterocycles. The highest BCUT2D eigenvalue weighted by Crippen LogP contribution is 2.30. The van der Waals surface area contributed by atoms with Crippen LogP contribution < -0.4 is 15.4 Å². The summed E-state index contributed by atoms with van der Waals surface area (Å²) in [6.07, 6.45) is 1.95. The quantitative estimate of drug-likeness (QED) is 0.844. The number of hydrogen-bond acceptors (Lipinski definition) is 3. The zero-order valence-electron chi connectivity index (χ0n) is 14.5. The van der Waals surface area contributed by atoms with Crippen molar-refractivity contribution >= 4 is 23.2 Å². The van der Waals surface area contributed by atoms with E-state index in [4.69, 9.17) is 4.74 Å². The Morgan fingerprint density at radius 3 is 2.40 bits per heavy atom. The number of carbonyl (C=O) groups is 2. The molecule has 5 nitrogen and oxygen atoms in total. The minimum atomic E-state index is -0.210. The number of aryl methyl sites for hydroxylation is 2. The van der Waals surface area contributed by atoms with E-state index in [-0.39, 0.29) is 24.3 Å². The summed E-state index contributed by atoms with van der Waals surface area (Å²) in [5, 5.41) is 5.71. The minimum Gasteiger partial charge on any atom is -0.484 e. The van der Waals surface area contributed by atoms with Gasteiger partial charge in [0.15, 0.2) is 6.61 Å². The second-order valence-electron chi connectivity index (χ2n) is 6.44. The van der Waals surface area contributed by atoms with Gasteiger partial charge in [-0.15, -0.1) is 0 Å². The molecule has 0 spiro atoms. The Kier molecular flexibility index (Phi) is 5.03. The van der Waals surface area contributed by atoms with E-state index in [1.807, 2.05) is 32.0 Å². The molecule has 5 heteroatoms. The lowest BCUT2D eigenvalue weighted by molar-refractivity contribution is -0.118. The van der Waals surface area contributed by atoms with Crippen molar-refractivity contribution in [2.75, 3.05) is 17.2 Å². The molecule has 2 aromatic rings. The number of hydrogen-bond donors (Lipinski definition) is 2. The van der Waals surface area contributed by atoms with Crippen LogP contribution in [0.2, 0.25) is 0 Å². The highest BCUT2D eigenvalue weighted by atomic mass is 16.5. The van der Waals surface area contributed by atoms with E-state index < -0.39 is 0 Å². The maximum Gasteiger partial charge on any atom is 0.262 e. The molecule has 0 saturated heterocycles. The molecule has 0 aliphatic heterocycles. The lowest BCUT2D eigenvalue weighted by Crippen LogP contribution is -2.20. The average Bonchev–Trinajstić information content (AvgIpc) is 3.42. The number of benzene rings is 2. The van der Waals surface area contributed by atoms with Gasteiger partial charge in [-0.2, -0.15) is 0 Å². The van der Waals surface area contributed by atoms with Crippen LogP contribution >= 0.6 is 0 Å². The van der Waals surface area contributed by atoms with Gasteiger partial charge in [-0.1, -0.05) is 17.7 Å². The van der Waals surface area contributed by atoms with Crippen LogP contribution in [-0.2, 0) is 9.59 Å². The predicted octanol–water partition coefficient (Wildman–Crippen LogP) is 3.67. The number of nitrogens with one attached hydrogen (secondary N) is 2. The molecule has 2 N–H and O–H groups in total. The molecule has 0 atom stereocenters. The van der Waals surface area contributed by atoms with Crippen LogP contribution in [-0.4, -0.2) is 18.4 Å². The van der Waals surface area contributed by atoms with Crippen LogP contribution in [0.3, 0.4) is 0 Å². The Hall–Kier alpha value is -2.82. The molecule has 25 heavy (non-hydrogen) atoms. The van der Waals surface area contributed by atoms with Gasteiger partial charge in [-0.3, -0.25) is 9.59 Å². The second-order valence-corrected chi connectivity index (χ2v) is 6.44. The van der Waals surface area contributed by atoms with Crippen molar-refractivity contribution in [1.29, 1.82) is 0 Å². The van der Waals surface area contributed by atoms with E-state index in [1.165, 1.54) is 0 Å². The van der Waals surface area contributed by atoms with Crippen molar-refractivity contribution < 1.29 is 14.3 Å². The molecule has 0 radical (unpaired) electrons. The largest absolute Gasteiger partial charge is 0.484 e. The summed E-state index contributed by atoms with van der Waals surface area (Å²) in [5.41, 5.74) is 3.70. The van der Waals surface area contributed by atoms with Crippen molar-refractivity contribution in [2.24, 2.45) is 5.92 Å². The lowest BCUT2D eigenvalue weighted by atomic mass is 10.1. The van der Waals surface area contributed by atoms with Crippen molar-refractivity contribution in [3.05, 3.63) is 53.6 Å². The summed E-state index contributed by atoms with van der Waals surface area (Å²) in [6.45, 7) is 3.90. The van der Waals surface area contributed by atoms with Gasteiger partial charge < -0.3 is 15.4 Å². The van der Waals surface area contributed by atoms with Gasteiger partial charge in [0.2, 0.25) is 5.91 Å². The Balaban J connectivity index is 1.49. The average molecular weight is 338 g/mol. The molecule has 1 saturated carbocycles. The monoisotopic (exact) mass is 338 g/mol. The Morgan fingerprint density at radius 2 is 1.76 bits per heavy atom. The molecule has 0 unspecified atom stereocenters. The fourth-order valence-corrected chi connectivity index (χ4v) is 2.51. The summed E-state index contributed by atoms with van der Waals surface area (Å²) >= 11 is 0. The summed E-state index contributed by atoms with van der Waals surface area (Å²) in [4.78, 5) is 23.7. The SMILES string of the molecule is Cc1ccc(NC(=O)COc2ccc(NC(=O)C3CC3)cc2)c(C)c1. The van der Waals surface area contributed by atoms with Crippen molar-refractivity contribution in [1.82, 2.24) is 0 Å². The van der Waals surface area contributed by atoms with Crippen LogP contribution in [0.4, 0.5) is 11.4 Å². The molecule has 0 aromatic heterocycles. The van der Waals surface area contributed by atoms with Crippen molar-refractivity contribution in [2.45, 2.75) is 26.7 Å². The molecule has 1 fully saturated rings. The Labute approximate surface area is 147 Å². The van der Waals surface area contributed by atoms with E-state index in [0.717, 1.165) is 35.3 Å². The first-order valence-corrected chi connectivity index (χ1v) is 8.42. The minimum absolute atomic E-state index is 0.0684. The normalized spacial score (nSPS) is 13.2. The molecule has 130 valence electrons. The fraction of sp³-hybridized carbons (Fsp3) is 0.300. The van der Waals surface area contributed by atoms with E-state index in [0.29, 0.717) is 5.75 Å². The molecule has 1 aliphatic carbocycles. The van der Waals surface area contributed by atoms with E-state index in [1.54, 1.807) is 24.3 Å². The molecule has 0 bridgehead atoms. The Bertz CT molecular complexity index is 780. The molecular formula is C20H22N2O3. The maximum atomic E-state index is 12.0. The first kappa shape index (κ1) is 17.0. The summed E-state index contributed by atoms with van der Waals surface area (Å²) in [5.74, 6) is 0.615. The summed E-state index contributed by atoms with van der Waals surface area (Å²) in [6, 6.07) is 12.9. The van der Waals surface area contributed by atoms with Gasteiger partial charge in [0.25, 0.3) is 5.91 Å². The van der Waals surface area contributed by atoms with E-state index >= 15 is 0 Å². The fourth-order valence-electron chi connectivity index (χ4n) is 2.51. The first-order valence-electron chi connectivity index (χ1n) is 8.42. The van der Waals surface area contributed by atoms with Gasteiger partial charge in [0, 0.05) is 17.3 Å². The molecular weight excluding hydrogens is 316 g/mol. The lowest BCUT2D eigenvalue weighted by Gasteiger charge is -2.11. The molecule has 2 amide bonds. The van der Waals surface area contributed by atoms with E-state index in [2.05, 4.69) is 10.6 Å². The molecule has 1 aliphatic rings. The smallest absolute Gasteiger partial charge is 0.262 e. The second kappa shape index (κ2) is 7.38. The van der Waals surface area contributed by atoms with Gasteiger partial charge in [0.05, 0.1) is 0 Å².